The minimum Gasteiger partial charge on any atom is -0.503 e. The molecule has 1 heterocycles. The van der Waals surface area contributed by atoms with Crippen LogP contribution in [0.4, 0.5) is 22.0 Å². The summed E-state index contributed by atoms with van der Waals surface area (Å²) >= 11 is 0.613. The first-order chi connectivity index (χ1) is 12.2. The van der Waals surface area contributed by atoms with E-state index in [1.807, 2.05) is 0 Å². The van der Waals surface area contributed by atoms with E-state index in [-0.39, 0.29) is 21.4 Å². The Balaban J connectivity index is 2.06. The van der Waals surface area contributed by atoms with Gasteiger partial charge in [-0.2, -0.15) is 0 Å². The van der Waals surface area contributed by atoms with Crippen molar-refractivity contribution in [3.05, 3.63) is 69.9 Å². The molecule has 134 valence electrons. The minimum atomic E-state index is -1.76. The van der Waals surface area contributed by atoms with Crippen LogP contribution in [0.15, 0.2) is 30.3 Å². The second kappa shape index (κ2) is 6.41. The first-order valence-corrected chi connectivity index (χ1v) is 7.72. The first kappa shape index (κ1) is 17.9. The smallest absolute Gasteiger partial charge is 0.209 e. The van der Waals surface area contributed by atoms with Crippen molar-refractivity contribution in [2.24, 2.45) is 0 Å². The fourth-order valence-electron chi connectivity index (χ4n) is 2.25. The molecule has 3 nitrogen and oxygen atoms in total. The molecule has 9 heteroatoms. The third-order valence-electron chi connectivity index (χ3n) is 3.54. The van der Waals surface area contributed by atoms with Crippen LogP contribution in [0.2, 0.25) is 0 Å². The fourth-order valence-corrected chi connectivity index (χ4v) is 3.22. The summed E-state index contributed by atoms with van der Waals surface area (Å²) < 4.78 is 67.8. The van der Waals surface area contributed by atoms with Crippen molar-refractivity contribution in [3.63, 3.8) is 0 Å². The van der Waals surface area contributed by atoms with E-state index in [0.29, 0.717) is 11.3 Å². The highest BCUT2D eigenvalue weighted by molar-refractivity contribution is 7.17. The van der Waals surface area contributed by atoms with Crippen molar-refractivity contribution in [2.45, 2.75) is 0 Å². The number of aromatic hydroxyl groups is 2. The molecule has 0 aliphatic carbocycles. The van der Waals surface area contributed by atoms with E-state index in [4.69, 9.17) is 0 Å². The summed E-state index contributed by atoms with van der Waals surface area (Å²) in [6.07, 6.45) is 0. The van der Waals surface area contributed by atoms with E-state index >= 15 is 0 Å². The number of rotatable bonds is 3. The SMILES string of the molecule is O=C(c1ccc(-c2ccc(F)c(O)c2F)s1)c1c(F)cc(F)c(O)c1F. The lowest BCUT2D eigenvalue weighted by atomic mass is 10.1. The Morgan fingerprint density at radius 2 is 1.46 bits per heavy atom. The monoisotopic (exact) mass is 386 g/mol. The van der Waals surface area contributed by atoms with Gasteiger partial charge in [0.05, 0.1) is 10.4 Å². The zero-order valence-electron chi connectivity index (χ0n) is 12.5. The molecular formula is C17H7F5O3S. The average Bonchev–Trinajstić information content (AvgIpc) is 3.07. The van der Waals surface area contributed by atoms with Gasteiger partial charge >= 0.3 is 0 Å². The molecule has 0 saturated carbocycles. The van der Waals surface area contributed by atoms with E-state index in [2.05, 4.69) is 0 Å². The summed E-state index contributed by atoms with van der Waals surface area (Å²) in [5, 5.41) is 18.5. The molecule has 2 aromatic carbocycles. The molecule has 3 aromatic rings. The molecule has 0 aliphatic heterocycles. The number of phenols is 2. The predicted molar refractivity (Wildman–Crippen MR) is 82.7 cm³/mol. The molecule has 0 spiro atoms. The summed E-state index contributed by atoms with van der Waals surface area (Å²) in [5.41, 5.74) is -1.39. The number of carbonyl (C=O) groups is 1. The molecule has 26 heavy (non-hydrogen) atoms. The van der Waals surface area contributed by atoms with Gasteiger partial charge in [0.1, 0.15) is 5.82 Å². The van der Waals surface area contributed by atoms with Crippen molar-refractivity contribution in [1.29, 1.82) is 0 Å². The fraction of sp³-hybridized carbons (Fsp3) is 0. The maximum absolute atomic E-state index is 13.9. The number of phenolic OH excluding ortho intramolecular Hbond substituents is 2. The highest BCUT2D eigenvalue weighted by Gasteiger charge is 2.26. The molecule has 3 rings (SSSR count). The molecule has 0 radical (unpaired) electrons. The summed E-state index contributed by atoms with van der Waals surface area (Å²) in [4.78, 5) is 12.1. The summed E-state index contributed by atoms with van der Waals surface area (Å²) in [5.74, 6) is -11.2. The molecule has 1 aromatic heterocycles. The van der Waals surface area contributed by atoms with Gasteiger partial charge in [0, 0.05) is 16.5 Å². The molecule has 0 amide bonds. The summed E-state index contributed by atoms with van der Waals surface area (Å²) in [7, 11) is 0. The highest BCUT2D eigenvalue weighted by atomic mass is 32.1. The molecule has 2 N–H and O–H groups in total. The predicted octanol–water partition coefficient (Wildman–Crippen LogP) is 4.75. The van der Waals surface area contributed by atoms with Crippen molar-refractivity contribution in [1.82, 2.24) is 0 Å². The van der Waals surface area contributed by atoms with Gasteiger partial charge in [0.2, 0.25) is 5.78 Å². The van der Waals surface area contributed by atoms with Crippen LogP contribution in [0.25, 0.3) is 10.4 Å². The Kier molecular flexibility index (Phi) is 4.41. The maximum atomic E-state index is 13.9. The number of ketones is 1. The molecule has 0 bridgehead atoms. The minimum absolute atomic E-state index is 0.0771. The summed E-state index contributed by atoms with van der Waals surface area (Å²) in [6, 6.07) is 4.35. The van der Waals surface area contributed by atoms with Crippen LogP contribution in [0, 0.1) is 29.1 Å². The van der Waals surface area contributed by atoms with Crippen LogP contribution in [-0.4, -0.2) is 16.0 Å². The van der Waals surface area contributed by atoms with Crippen LogP contribution in [0.5, 0.6) is 11.5 Å². The quantitative estimate of drug-likeness (QED) is 0.504. The van der Waals surface area contributed by atoms with E-state index in [1.54, 1.807) is 0 Å². The Bertz CT molecular complexity index is 1050. The number of benzene rings is 2. The zero-order valence-corrected chi connectivity index (χ0v) is 13.3. The second-order valence-electron chi connectivity index (χ2n) is 5.13. The molecule has 0 fully saturated rings. The molecule has 0 atom stereocenters. The van der Waals surface area contributed by atoms with Gasteiger partial charge in [-0.1, -0.05) is 0 Å². The van der Waals surface area contributed by atoms with Crippen molar-refractivity contribution < 1.29 is 37.0 Å². The van der Waals surface area contributed by atoms with E-state index in [9.17, 15) is 37.0 Å². The zero-order chi connectivity index (χ0) is 19.2. The number of hydrogen-bond acceptors (Lipinski definition) is 4. The van der Waals surface area contributed by atoms with Gasteiger partial charge in [0.25, 0.3) is 0 Å². The number of thiophene rings is 1. The normalized spacial score (nSPS) is 11.0. The van der Waals surface area contributed by atoms with Crippen molar-refractivity contribution in [3.8, 4) is 21.9 Å². The largest absolute Gasteiger partial charge is 0.503 e. The Labute approximate surface area is 146 Å². The van der Waals surface area contributed by atoms with Crippen LogP contribution < -0.4 is 0 Å². The average molecular weight is 386 g/mol. The second-order valence-corrected chi connectivity index (χ2v) is 6.21. The van der Waals surface area contributed by atoms with E-state index < -0.39 is 51.9 Å². The van der Waals surface area contributed by atoms with E-state index in [0.717, 1.165) is 18.2 Å². The first-order valence-electron chi connectivity index (χ1n) is 6.90. The van der Waals surface area contributed by atoms with Gasteiger partial charge in [0.15, 0.2) is 34.8 Å². The third kappa shape index (κ3) is 2.80. The molecule has 0 saturated heterocycles. The van der Waals surface area contributed by atoms with Crippen molar-refractivity contribution >= 4 is 17.1 Å². The lowest BCUT2D eigenvalue weighted by Crippen LogP contribution is -2.07. The molecule has 0 aliphatic rings. The van der Waals surface area contributed by atoms with Crippen molar-refractivity contribution in [2.75, 3.05) is 0 Å². The molecular weight excluding hydrogens is 379 g/mol. The number of carbonyl (C=O) groups excluding carboxylic acids is 1. The Hall–Kier alpha value is -2.94. The van der Waals surface area contributed by atoms with Crippen LogP contribution in [0.1, 0.15) is 15.2 Å². The topological polar surface area (TPSA) is 57.5 Å². The van der Waals surface area contributed by atoms with Gasteiger partial charge in [-0.05, 0) is 24.3 Å². The van der Waals surface area contributed by atoms with Crippen LogP contribution >= 0.6 is 11.3 Å². The lowest BCUT2D eigenvalue weighted by molar-refractivity contribution is 0.103. The van der Waals surface area contributed by atoms with Gasteiger partial charge in [-0.3, -0.25) is 4.79 Å². The van der Waals surface area contributed by atoms with Crippen LogP contribution in [0.3, 0.4) is 0 Å². The number of hydrogen-bond donors (Lipinski definition) is 2. The lowest BCUT2D eigenvalue weighted by Gasteiger charge is -2.05. The van der Waals surface area contributed by atoms with Gasteiger partial charge in [-0.15, -0.1) is 11.3 Å². The summed E-state index contributed by atoms with van der Waals surface area (Å²) in [6.45, 7) is 0. The number of halogens is 5. The molecule has 0 unspecified atom stereocenters. The van der Waals surface area contributed by atoms with Crippen LogP contribution in [-0.2, 0) is 0 Å². The Morgan fingerprint density at radius 3 is 2.15 bits per heavy atom. The van der Waals surface area contributed by atoms with E-state index in [1.165, 1.54) is 6.07 Å². The maximum Gasteiger partial charge on any atom is 0.209 e. The van der Waals surface area contributed by atoms with Gasteiger partial charge in [-0.25, -0.2) is 22.0 Å². The highest BCUT2D eigenvalue weighted by Crippen LogP contribution is 2.36. The Morgan fingerprint density at radius 1 is 0.808 bits per heavy atom. The standard InChI is InChI=1S/C17H7F5O3S/c18-7-2-1-6(13(21)15(7)23)10-3-4-11(26-10)17(25)12-8(19)5-9(20)16(24)14(12)22/h1-5,23-24H. The van der Waals surface area contributed by atoms with Gasteiger partial charge < -0.3 is 10.2 Å². The third-order valence-corrected chi connectivity index (χ3v) is 4.65.